The second kappa shape index (κ2) is 5.98. The zero-order chi connectivity index (χ0) is 15.5. The van der Waals surface area contributed by atoms with E-state index in [1.807, 2.05) is 30.3 Å². The fourth-order valence-corrected chi connectivity index (χ4v) is 2.68. The van der Waals surface area contributed by atoms with Crippen LogP contribution in [0.2, 0.25) is 0 Å². The first-order valence-corrected chi connectivity index (χ1v) is 7.06. The normalized spacial score (nSPS) is 10.5. The smallest absolute Gasteiger partial charge is 0.168 e. The van der Waals surface area contributed by atoms with Gasteiger partial charge in [0.1, 0.15) is 5.75 Å². The van der Waals surface area contributed by atoms with Crippen LogP contribution in [-0.4, -0.2) is 21.3 Å². The van der Waals surface area contributed by atoms with Crippen LogP contribution in [0.25, 0.3) is 21.9 Å². The average Bonchev–Trinajstić information content (AvgIpc) is 2.60. The lowest BCUT2D eigenvalue weighted by Gasteiger charge is -2.15. The molecule has 0 atom stereocenters. The quantitative estimate of drug-likeness (QED) is 0.707. The van der Waals surface area contributed by atoms with E-state index in [0.29, 0.717) is 5.75 Å². The second-order valence-corrected chi connectivity index (χ2v) is 4.94. The first-order chi connectivity index (χ1) is 10.8. The average molecular weight is 294 g/mol. The van der Waals surface area contributed by atoms with Crippen LogP contribution >= 0.6 is 0 Å². The van der Waals surface area contributed by atoms with E-state index in [4.69, 9.17) is 14.2 Å². The standard InChI is InChI=1S/C19H18O3/c1-20-17-12-18(21-2)19(22-3)15-10-9-14(11-16(15)17)13-7-5-4-6-8-13/h4-12H,1-3H3. The van der Waals surface area contributed by atoms with Crippen molar-refractivity contribution in [1.82, 2.24) is 0 Å². The lowest BCUT2D eigenvalue weighted by molar-refractivity contribution is 0.353. The minimum absolute atomic E-state index is 0.666. The predicted molar refractivity (Wildman–Crippen MR) is 89.0 cm³/mol. The molecular weight excluding hydrogens is 276 g/mol. The highest BCUT2D eigenvalue weighted by Gasteiger charge is 2.14. The van der Waals surface area contributed by atoms with Gasteiger partial charge in [0, 0.05) is 16.8 Å². The summed E-state index contributed by atoms with van der Waals surface area (Å²) in [6, 6.07) is 18.4. The van der Waals surface area contributed by atoms with Crippen LogP contribution in [0.4, 0.5) is 0 Å². The van der Waals surface area contributed by atoms with Gasteiger partial charge in [0.05, 0.1) is 21.3 Å². The zero-order valence-corrected chi connectivity index (χ0v) is 12.9. The van der Waals surface area contributed by atoms with E-state index in [9.17, 15) is 0 Å². The molecule has 0 aliphatic carbocycles. The van der Waals surface area contributed by atoms with Crippen molar-refractivity contribution in [2.24, 2.45) is 0 Å². The second-order valence-electron chi connectivity index (χ2n) is 4.94. The maximum atomic E-state index is 5.52. The van der Waals surface area contributed by atoms with E-state index in [1.165, 1.54) is 5.56 Å². The van der Waals surface area contributed by atoms with Gasteiger partial charge in [0.2, 0.25) is 0 Å². The monoisotopic (exact) mass is 294 g/mol. The molecule has 0 N–H and O–H groups in total. The van der Waals surface area contributed by atoms with Gasteiger partial charge in [-0.25, -0.2) is 0 Å². The van der Waals surface area contributed by atoms with Crippen LogP contribution in [0, 0.1) is 0 Å². The number of hydrogen-bond acceptors (Lipinski definition) is 3. The summed E-state index contributed by atoms with van der Waals surface area (Å²) in [4.78, 5) is 0. The molecule has 0 aromatic heterocycles. The number of benzene rings is 3. The highest BCUT2D eigenvalue weighted by molar-refractivity contribution is 5.98. The minimum Gasteiger partial charge on any atom is -0.496 e. The van der Waals surface area contributed by atoms with Crippen molar-refractivity contribution in [2.45, 2.75) is 0 Å². The third-order valence-corrected chi connectivity index (χ3v) is 3.77. The van der Waals surface area contributed by atoms with E-state index in [1.54, 1.807) is 21.3 Å². The molecule has 0 spiro atoms. The van der Waals surface area contributed by atoms with E-state index in [-0.39, 0.29) is 0 Å². The van der Waals surface area contributed by atoms with Crippen LogP contribution in [0.3, 0.4) is 0 Å². The van der Waals surface area contributed by atoms with Gasteiger partial charge in [-0.3, -0.25) is 0 Å². The molecule has 3 nitrogen and oxygen atoms in total. The summed E-state index contributed by atoms with van der Waals surface area (Å²) < 4.78 is 16.4. The van der Waals surface area contributed by atoms with E-state index in [2.05, 4.69) is 24.3 Å². The van der Waals surface area contributed by atoms with Crippen molar-refractivity contribution in [3.8, 4) is 28.4 Å². The molecule has 3 aromatic carbocycles. The lowest BCUT2D eigenvalue weighted by atomic mass is 10.00. The summed E-state index contributed by atoms with van der Waals surface area (Å²) in [5.41, 5.74) is 2.31. The van der Waals surface area contributed by atoms with Gasteiger partial charge in [-0.1, -0.05) is 36.4 Å². The first kappa shape index (κ1) is 14.3. The molecule has 0 heterocycles. The molecule has 112 valence electrons. The molecule has 0 saturated carbocycles. The predicted octanol–water partition coefficient (Wildman–Crippen LogP) is 4.53. The summed E-state index contributed by atoms with van der Waals surface area (Å²) in [5.74, 6) is 2.16. The Labute approximate surface area is 130 Å². The molecule has 3 heteroatoms. The Kier molecular flexibility index (Phi) is 3.88. The third kappa shape index (κ3) is 2.35. The van der Waals surface area contributed by atoms with Crippen molar-refractivity contribution in [3.63, 3.8) is 0 Å². The van der Waals surface area contributed by atoms with E-state index in [0.717, 1.165) is 27.8 Å². The van der Waals surface area contributed by atoms with Gasteiger partial charge < -0.3 is 14.2 Å². The molecule has 0 aliphatic rings. The van der Waals surface area contributed by atoms with Gasteiger partial charge in [0.25, 0.3) is 0 Å². The van der Waals surface area contributed by atoms with E-state index < -0.39 is 0 Å². The maximum absolute atomic E-state index is 5.52. The fourth-order valence-electron chi connectivity index (χ4n) is 2.68. The van der Waals surface area contributed by atoms with Crippen LogP contribution < -0.4 is 14.2 Å². The van der Waals surface area contributed by atoms with E-state index >= 15 is 0 Å². The minimum atomic E-state index is 0.666. The van der Waals surface area contributed by atoms with Crippen LogP contribution in [0.5, 0.6) is 17.2 Å². The van der Waals surface area contributed by atoms with Gasteiger partial charge >= 0.3 is 0 Å². The Morgan fingerprint density at radius 1 is 0.591 bits per heavy atom. The summed E-state index contributed by atoms with van der Waals surface area (Å²) in [6.45, 7) is 0. The zero-order valence-electron chi connectivity index (χ0n) is 12.9. The van der Waals surface area contributed by atoms with Crippen molar-refractivity contribution < 1.29 is 14.2 Å². The Bertz CT molecular complexity index is 795. The largest absolute Gasteiger partial charge is 0.496 e. The third-order valence-electron chi connectivity index (χ3n) is 3.77. The first-order valence-electron chi connectivity index (χ1n) is 7.06. The molecule has 0 unspecified atom stereocenters. The molecule has 22 heavy (non-hydrogen) atoms. The molecule has 0 aliphatic heterocycles. The summed E-state index contributed by atoms with van der Waals surface area (Å²) in [5, 5.41) is 1.97. The van der Waals surface area contributed by atoms with Gasteiger partial charge in [-0.2, -0.15) is 0 Å². The number of hydrogen-bond donors (Lipinski definition) is 0. The van der Waals surface area contributed by atoms with Gasteiger partial charge in [0.15, 0.2) is 11.5 Å². The van der Waals surface area contributed by atoms with Crippen LogP contribution in [0.1, 0.15) is 0 Å². The molecular formula is C19H18O3. The number of methoxy groups -OCH3 is 3. The fraction of sp³-hybridized carbons (Fsp3) is 0.158. The highest BCUT2D eigenvalue weighted by Crippen LogP contribution is 2.42. The number of rotatable bonds is 4. The number of ether oxygens (including phenoxy) is 3. The van der Waals surface area contributed by atoms with Crippen molar-refractivity contribution in [1.29, 1.82) is 0 Å². The summed E-state index contributed by atoms with van der Waals surface area (Å²) in [7, 11) is 4.94. The molecule has 0 radical (unpaired) electrons. The van der Waals surface area contributed by atoms with Crippen molar-refractivity contribution >= 4 is 10.8 Å². The lowest BCUT2D eigenvalue weighted by Crippen LogP contribution is -1.94. The highest BCUT2D eigenvalue weighted by atomic mass is 16.5. The van der Waals surface area contributed by atoms with Gasteiger partial charge in [-0.05, 0) is 23.3 Å². The summed E-state index contributed by atoms with van der Waals surface area (Å²) in [6.07, 6.45) is 0. The SMILES string of the molecule is COc1cc(OC)c2cc(-c3ccccc3)ccc2c1OC. The molecule has 3 rings (SSSR count). The number of fused-ring (bicyclic) bond motifs is 1. The van der Waals surface area contributed by atoms with Gasteiger partial charge in [-0.15, -0.1) is 0 Å². The van der Waals surface area contributed by atoms with Crippen LogP contribution in [-0.2, 0) is 0 Å². The van der Waals surface area contributed by atoms with Crippen LogP contribution in [0.15, 0.2) is 54.6 Å². The molecule has 0 fully saturated rings. The Hall–Kier alpha value is -2.68. The molecule has 0 saturated heterocycles. The summed E-state index contributed by atoms with van der Waals surface area (Å²) >= 11 is 0. The topological polar surface area (TPSA) is 27.7 Å². The Morgan fingerprint density at radius 2 is 1.32 bits per heavy atom. The van der Waals surface area contributed by atoms with Crippen molar-refractivity contribution in [2.75, 3.05) is 21.3 Å². The maximum Gasteiger partial charge on any atom is 0.168 e. The molecule has 0 bridgehead atoms. The Balaban J connectivity index is 2.28. The van der Waals surface area contributed by atoms with Crippen molar-refractivity contribution in [3.05, 3.63) is 54.6 Å². The molecule has 0 amide bonds. The Morgan fingerprint density at radius 3 is 1.95 bits per heavy atom. The molecule has 3 aromatic rings.